The van der Waals surface area contributed by atoms with Gasteiger partial charge in [-0.1, -0.05) is 27.5 Å². The van der Waals surface area contributed by atoms with Gasteiger partial charge in [-0.2, -0.15) is 0 Å². The summed E-state index contributed by atoms with van der Waals surface area (Å²) in [4.78, 5) is 27.5. The highest BCUT2D eigenvalue weighted by Gasteiger charge is 2.38. The largest absolute Gasteiger partial charge is 0.496 e. The van der Waals surface area contributed by atoms with E-state index < -0.39 is 5.97 Å². The minimum atomic E-state index is -0.546. The molecular weight excluding hydrogens is 458 g/mol. The maximum absolute atomic E-state index is 13.3. The summed E-state index contributed by atoms with van der Waals surface area (Å²) in [5.74, 6) is -0.288. The van der Waals surface area contributed by atoms with Crippen molar-refractivity contribution in [2.24, 2.45) is 0 Å². The van der Waals surface area contributed by atoms with E-state index in [0.29, 0.717) is 27.7 Å². The number of ether oxygens (including phenoxy) is 2. The van der Waals surface area contributed by atoms with Crippen LogP contribution in [0.2, 0.25) is 5.02 Å². The van der Waals surface area contributed by atoms with Crippen molar-refractivity contribution < 1.29 is 19.1 Å². The van der Waals surface area contributed by atoms with Crippen molar-refractivity contribution in [2.75, 3.05) is 18.6 Å². The quantitative estimate of drug-likeness (QED) is 0.429. The number of halogens is 2. The Morgan fingerprint density at radius 1 is 1.21 bits per heavy atom. The second-order valence-electron chi connectivity index (χ2n) is 6.24. The summed E-state index contributed by atoms with van der Waals surface area (Å²) in [6.45, 7) is 3.65. The van der Waals surface area contributed by atoms with E-state index in [1.54, 1.807) is 57.4 Å². The van der Waals surface area contributed by atoms with Crippen molar-refractivity contribution in [3.8, 4) is 5.75 Å². The molecule has 0 saturated heterocycles. The molecule has 0 aromatic heterocycles. The highest BCUT2D eigenvalue weighted by atomic mass is 79.9. The van der Waals surface area contributed by atoms with Gasteiger partial charge in [0.25, 0.3) is 5.91 Å². The first-order chi connectivity index (χ1) is 13.9. The van der Waals surface area contributed by atoms with Crippen molar-refractivity contribution >= 4 is 51.2 Å². The molecule has 0 unspecified atom stereocenters. The minimum Gasteiger partial charge on any atom is -0.496 e. The number of carbonyl (C=O) groups is 2. The molecule has 0 radical (unpaired) electrons. The predicted octanol–water partition coefficient (Wildman–Crippen LogP) is 5.38. The lowest BCUT2D eigenvalue weighted by Crippen LogP contribution is -2.24. The molecule has 0 atom stereocenters. The molecule has 5 nitrogen and oxygen atoms in total. The number of amides is 1. The number of allylic oxidation sites excluding steroid dienone is 1. The molecule has 0 aliphatic carbocycles. The first-order valence-corrected chi connectivity index (χ1v) is 10.1. The number of esters is 1. The van der Waals surface area contributed by atoms with Crippen LogP contribution in [0.3, 0.4) is 0 Å². The van der Waals surface area contributed by atoms with Crippen LogP contribution in [0.15, 0.2) is 63.8 Å². The second-order valence-corrected chi connectivity index (χ2v) is 7.59. The molecule has 1 amide bonds. The number of hydrogen-bond donors (Lipinski definition) is 0. The van der Waals surface area contributed by atoms with Crippen molar-refractivity contribution in [1.29, 1.82) is 0 Å². The van der Waals surface area contributed by atoms with E-state index in [9.17, 15) is 9.59 Å². The third-order valence-electron chi connectivity index (χ3n) is 4.46. The molecule has 0 saturated carbocycles. The fraction of sp³-hybridized carbons (Fsp3) is 0.182. The Morgan fingerprint density at radius 3 is 2.52 bits per heavy atom. The average Bonchev–Trinajstić information content (AvgIpc) is 2.93. The third-order valence-corrected chi connectivity index (χ3v) is 5.20. The summed E-state index contributed by atoms with van der Waals surface area (Å²) in [5.41, 5.74) is 2.25. The van der Waals surface area contributed by atoms with Gasteiger partial charge in [-0.05, 0) is 62.4 Å². The van der Waals surface area contributed by atoms with Gasteiger partial charge in [0.1, 0.15) is 5.75 Å². The smallest absolute Gasteiger partial charge is 0.340 e. The summed E-state index contributed by atoms with van der Waals surface area (Å²) in [6, 6.07) is 12.3. The SMILES string of the molecule is CCOC(=O)C1=C(C)N(c2ccc(Cl)cc2)C(=O)/C1=C\c1cc(Br)ccc1OC. The topological polar surface area (TPSA) is 55.8 Å². The molecule has 150 valence electrons. The Bertz CT molecular complexity index is 1030. The molecule has 1 heterocycles. The fourth-order valence-corrected chi connectivity index (χ4v) is 3.66. The van der Waals surface area contributed by atoms with Crippen LogP contribution in [-0.2, 0) is 14.3 Å². The zero-order valence-corrected chi connectivity index (χ0v) is 18.5. The van der Waals surface area contributed by atoms with E-state index in [4.69, 9.17) is 21.1 Å². The number of rotatable bonds is 5. The fourth-order valence-electron chi connectivity index (χ4n) is 3.16. The first kappa shape index (κ1) is 21.1. The van der Waals surface area contributed by atoms with Crippen molar-refractivity contribution in [3.63, 3.8) is 0 Å². The van der Waals surface area contributed by atoms with E-state index in [1.165, 1.54) is 4.90 Å². The maximum atomic E-state index is 13.3. The number of nitrogens with zero attached hydrogens (tertiary/aromatic N) is 1. The lowest BCUT2D eigenvalue weighted by molar-refractivity contribution is -0.138. The molecule has 0 bridgehead atoms. The van der Waals surface area contributed by atoms with Gasteiger partial charge in [-0.25, -0.2) is 4.79 Å². The molecule has 3 rings (SSSR count). The number of benzene rings is 2. The van der Waals surface area contributed by atoms with Gasteiger partial charge in [-0.15, -0.1) is 0 Å². The average molecular weight is 477 g/mol. The van der Waals surface area contributed by atoms with Gasteiger partial charge in [-0.3, -0.25) is 9.69 Å². The first-order valence-electron chi connectivity index (χ1n) is 8.91. The van der Waals surface area contributed by atoms with E-state index in [-0.39, 0.29) is 23.7 Å². The van der Waals surface area contributed by atoms with Crippen LogP contribution in [0.5, 0.6) is 5.75 Å². The third kappa shape index (κ3) is 4.23. The van der Waals surface area contributed by atoms with Crippen LogP contribution in [0.4, 0.5) is 5.69 Å². The summed E-state index contributed by atoms with van der Waals surface area (Å²) < 4.78 is 11.4. The molecule has 2 aromatic rings. The normalized spacial score (nSPS) is 15.3. The van der Waals surface area contributed by atoms with E-state index in [1.807, 2.05) is 12.1 Å². The summed E-state index contributed by atoms with van der Waals surface area (Å²) >= 11 is 9.41. The van der Waals surface area contributed by atoms with Gasteiger partial charge in [0.05, 0.1) is 24.9 Å². The van der Waals surface area contributed by atoms with Gasteiger partial charge < -0.3 is 9.47 Å². The van der Waals surface area contributed by atoms with Crippen LogP contribution in [-0.4, -0.2) is 25.6 Å². The van der Waals surface area contributed by atoms with Gasteiger partial charge >= 0.3 is 5.97 Å². The van der Waals surface area contributed by atoms with Gasteiger partial charge in [0, 0.05) is 26.4 Å². The molecular formula is C22H19BrClNO4. The molecule has 7 heteroatoms. The highest BCUT2D eigenvalue weighted by Crippen LogP contribution is 2.37. The Hall–Kier alpha value is -2.57. The Balaban J connectivity index is 2.17. The standard InChI is InChI=1S/C22H19BrClNO4/c1-4-29-22(27)20-13(2)25(17-8-6-16(24)7-9-17)21(26)18(20)12-14-11-15(23)5-10-19(14)28-3/h5-12H,4H2,1-3H3/b18-12-. The lowest BCUT2D eigenvalue weighted by Gasteiger charge is -2.18. The molecule has 2 aromatic carbocycles. The van der Waals surface area contributed by atoms with Crippen molar-refractivity contribution in [1.82, 2.24) is 0 Å². The Kier molecular flexibility index (Phi) is 6.45. The van der Waals surface area contributed by atoms with Gasteiger partial charge in [0.15, 0.2) is 0 Å². The van der Waals surface area contributed by atoms with E-state index >= 15 is 0 Å². The Labute approximate surface area is 182 Å². The van der Waals surface area contributed by atoms with Crippen LogP contribution < -0.4 is 9.64 Å². The zero-order valence-electron chi connectivity index (χ0n) is 16.2. The molecule has 0 N–H and O–H groups in total. The van der Waals surface area contributed by atoms with Crippen LogP contribution in [0.25, 0.3) is 6.08 Å². The van der Waals surface area contributed by atoms with Crippen LogP contribution >= 0.6 is 27.5 Å². The van der Waals surface area contributed by atoms with Crippen LogP contribution in [0, 0.1) is 0 Å². The number of anilines is 1. The molecule has 29 heavy (non-hydrogen) atoms. The number of hydrogen-bond acceptors (Lipinski definition) is 4. The monoisotopic (exact) mass is 475 g/mol. The highest BCUT2D eigenvalue weighted by molar-refractivity contribution is 9.10. The van der Waals surface area contributed by atoms with Crippen molar-refractivity contribution in [2.45, 2.75) is 13.8 Å². The molecule has 1 aliphatic rings. The second kappa shape index (κ2) is 8.84. The molecule has 0 spiro atoms. The summed E-state index contributed by atoms with van der Waals surface area (Å²) in [7, 11) is 1.55. The van der Waals surface area contributed by atoms with E-state index in [0.717, 1.165) is 4.47 Å². The van der Waals surface area contributed by atoms with Crippen LogP contribution in [0.1, 0.15) is 19.4 Å². The number of carbonyl (C=O) groups excluding carboxylic acids is 2. The number of methoxy groups -OCH3 is 1. The zero-order chi connectivity index (χ0) is 21.1. The summed E-state index contributed by atoms with van der Waals surface area (Å²) in [5, 5.41) is 0.558. The molecule has 1 aliphatic heterocycles. The molecule has 0 fully saturated rings. The maximum Gasteiger partial charge on any atom is 0.340 e. The summed E-state index contributed by atoms with van der Waals surface area (Å²) in [6.07, 6.45) is 1.65. The minimum absolute atomic E-state index is 0.207. The van der Waals surface area contributed by atoms with Crippen molar-refractivity contribution in [3.05, 3.63) is 74.4 Å². The lowest BCUT2D eigenvalue weighted by atomic mass is 10.0. The van der Waals surface area contributed by atoms with Gasteiger partial charge in [0.2, 0.25) is 0 Å². The Morgan fingerprint density at radius 2 is 1.90 bits per heavy atom. The predicted molar refractivity (Wildman–Crippen MR) is 117 cm³/mol. The van der Waals surface area contributed by atoms with E-state index in [2.05, 4.69) is 15.9 Å².